The molecule has 24 heavy (non-hydrogen) atoms. The van der Waals surface area contributed by atoms with E-state index in [9.17, 15) is 19.5 Å². The minimum atomic E-state index is -1.20. The van der Waals surface area contributed by atoms with E-state index in [1.807, 2.05) is 0 Å². The molecule has 124 valence electrons. The predicted octanol–water partition coefficient (Wildman–Crippen LogP) is 2.60. The number of hydrogen-bond acceptors (Lipinski definition) is 4. The van der Waals surface area contributed by atoms with E-state index < -0.39 is 11.9 Å². The van der Waals surface area contributed by atoms with Crippen LogP contribution < -0.4 is 15.4 Å². The number of methoxy groups -OCH3 is 1. The van der Waals surface area contributed by atoms with Crippen molar-refractivity contribution in [2.75, 3.05) is 17.7 Å². The molecule has 0 aromatic heterocycles. The van der Waals surface area contributed by atoms with Gasteiger partial charge in [-0.25, -0.2) is 4.79 Å². The van der Waals surface area contributed by atoms with Crippen molar-refractivity contribution in [1.82, 2.24) is 0 Å². The zero-order valence-electron chi connectivity index (χ0n) is 13.1. The smallest absolute Gasteiger partial charge is 0.336 e. The largest absolute Gasteiger partial charge is 0.497 e. The van der Waals surface area contributed by atoms with E-state index in [-0.39, 0.29) is 17.0 Å². The summed E-state index contributed by atoms with van der Waals surface area (Å²) in [7, 11) is 1.47. The number of anilines is 2. The molecule has 0 fully saturated rings. The number of hydrogen-bond donors (Lipinski definition) is 3. The van der Waals surface area contributed by atoms with Crippen LogP contribution in [-0.2, 0) is 4.79 Å². The van der Waals surface area contributed by atoms with E-state index in [1.165, 1.54) is 38.3 Å². The van der Waals surface area contributed by atoms with Gasteiger partial charge in [-0.15, -0.1) is 0 Å². The monoisotopic (exact) mass is 328 g/mol. The Hall–Kier alpha value is -3.35. The third kappa shape index (κ3) is 3.89. The van der Waals surface area contributed by atoms with Gasteiger partial charge in [-0.1, -0.05) is 12.1 Å². The quantitative estimate of drug-likeness (QED) is 0.782. The van der Waals surface area contributed by atoms with Gasteiger partial charge >= 0.3 is 5.97 Å². The SMILES string of the molecule is COc1ccc(NC(C)=O)c(NC(=O)c2ccccc2C(=O)O)c1. The number of rotatable bonds is 5. The van der Waals surface area contributed by atoms with Gasteiger partial charge in [0.25, 0.3) is 5.91 Å². The lowest BCUT2D eigenvalue weighted by atomic mass is 10.1. The van der Waals surface area contributed by atoms with Crippen LogP contribution in [0.4, 0.5) is 11.4 Å². The van der Waals surface area contributed by atoms with Crippen molar-refractivity contribution in [2.45, 2.75) is 6.92 Å². The molecule has 0 saturated carbocycles. The highest BCUT2D eigenvalue weighted by Gasteiger charge is 2.17. The zero-order valence-corrected chi connectivity index (χ0v) is 13.1. The molecule has 0 unspecified atom stereocenters. The zero-order chi connectivity index (χ0) is 17.7. The van der Waals surface area contributed by atoms with Crippen molar-refractivity contribution in [3.63, 3.8) is 0 Å². The summed E-state index contributed by atoms with van der Waals surface area (Å²) in [5.41, 5.74) is 0.583. The van der Waals surface area contributed by atoms with Crippen LogP contribution in [0.1, 0.15) is 27.6 Å². The molecule has 0 aliphatic carbocycles. The molecule has 0 atom stereocenters. The maximum atomic E-state index is 12.4. The van der Waals surface area contributed by atoms with E-state index in [0.29, 0.717) is 17.1 Å². The van der Waals surface area contributed by atoms with Crippen LogP contribution in [0, 0.1) is 0 Å². The van der Waals surface area contributed by atoms with Gasteiger partial charge in [0.15, 0.2) is 0 Å². The lowest BCUT2D eigenvalue weighted by Gasteiger charge is -2.14. The van der Waals surface area contributed by atoms with Crippen LogP contribution in [0.2, 0.25) is 0 Å². The highest BCUT2D eigenvalue weighted by molar-refractivity contribution is 6.12. The molecular formula is C17H16N2O5. The Kier molecular flexibility index (Phi) is 5.16. The molecule has 7 nitrogen and oxygen atoms in total. The van der Waals surface area contributed by atoms with E-state index in [2.05, 4.69) is 10.6 Å². The van der Waals surface area contributed by atoms with Gasteiger partial charge in [-0.3, -0.25) is 9.59 Å². The third-order valence-electron chi connectivity index (χ3n) is 3.19. The molecule has 0 aliphatic rings. The minimum absolute atomic E-state index is 0.0154. The number of ether oxygens (including phenoxy) is 1. The molecule has 0 bridgehead atoms. The van der Waals surface area contributed by atoms with Crippen molar-refractivity contribution >= 4 is 29.2 Å². The lowest BCUT2D eigenvalue weighted by molar-refractivity contribution is -0.114. The van der Waals surface area contributed by atoms with Crippen LogP contribution in [0.15, 0.2) is 42.5 Å². The summed E-state index contributed by atoms with van der Waals surface area (Å²) in [5, 5.41) is 14.4. The lowest BCUT2D eigenvalue weighted by Crippen LogP contribution is -2.18. The standard InChI is InChI=1S/C17H16N2O5/c1-10(20)18-14-8-7-11(24-2)9-15(14)19-16(21)12-5-3-4-6-13(12)17(22)23/h3-9H,1-2H3,(H,18,20)(H,19,21)(H,22,23). The number of carboxylic acids is 1. The molecule has 0 heterocycles. The van der Waals surface area contributed by atoms with Crippen molar-refractivity contribution in [3.8, 4) is 5.75 Å². The van der Waals surface area contributed by atoms with Crippen molar-refractivity contribution < 1.29 is 24.2 Å². The molecule has 7 heteroatoms. The minimum Gasteiger partial charge on any atom is -0.497 e. The number of carboxylic acid groups (broad SMARTS) is 1. The number of carbonyl (C=O) groups is 3. The van der Waals surface area contributed by atoms with E-state index in [1.54, 1.807) is 18.2 Å². The van der Waals surface area contributed by atoms with Gasteiger partial charge in [0.05, 0.1) is 29.6 Å². The second kappa shape index (κ2) is 7.28. The molecule has 2 aromatic carbocycles. The molecule has 3 N–H and O–H groups in total. The second-order valence-corrected chi connectivity index (χ2v) is 4.90. The first-order valence-electron chi connectivity index (χ1n) is 7.01. The van der Waals surface area contributed by atoms with Crippen LogP contribution in [0.5, 0.6) is 5.75 Å². The van der Waals surface area contributed by atoms with Gasteiger partial charge in [0.1, 0.15) is 5.75 Å². The number of carbonyl (C=O) groups excluding carboxylic acids is 2. The average molecular weight is 328 g/mol. The molecule has 0 aliphatic heterocycles. The molecule has 0 radical (unpaired) electrons. The Morgan fingerprint density at radius 2 is 1.62 bits per heavy atom. The molecule has 0 spiro atoms. The Labute approximate surface area is 138 Å². The van der Waals surface area contributed by atoms with Crippen molar-refractivity contribution in [3.05, 3.63) is 53.6 Å². The maximum absolute atomic E-state index is 12.4. The molecule has 0 saturated heterocycles. The highest BCUT2D eigenvalue weighted by Crippen LogP contribution is 2.28. The van der Waals surface area contributed by atoms with Gasteiger partial charge < -0.3 is 20.5 Å². The number of nitrogens with one attached hydrogen (secondary N) is 2. The summed E-state index contributed by atoms with van der Waals surface area (Å²) in [4.78, 5) is 35.0. The van der Waals surface area contributed by atoms with Crippen LogP contribution in [0.25, 0.3) is 0 Å². The normalized spacial score (nSPS) is 9.92. The fourth-order valence-electron chi connectivity index (χ4n) is 2.11. The first kappa shape index (κ1) is 17.0. The topological polar surface area (TPSA) is 105 Å². The predicted molar refractivity (Wildman–Crippen MR) is 88.7 cm³/mol. The average Bonchev–Trinajstić information content (AvgIpc) is 2.55. The summed E-state index contributed by atoms with van der Waals surface area (Å²) in [5.74, 6) is -1.63. The van der Waals surface area contributed by atoms with Gasteiger partial charge in [-0.2, -0.15) is 0 Å². The first-order chi connectivity index (χ1) is 11.4. The van der Waals surface area contributed by atoms with Crippen molar-refractivity contribution in [1.29, 1.82) is 0 Å². The maximum Gasteiger partial charge on any atom is 0.336 e. The van der Waals surface area contributed by atoms with Gasteiger partial charge in [-0.05, 0) is 24.3 Å². The number of benzene rings is 2. The summed E-state index contributed by atoms with van der Waals surface area (Å²) < 4.78 is 5.11. The van der Waals surface area contributed by atoms with E-state index >= 15 is 0 Å². The molecule has 2 rings (SSSR count). The Bertz CT molecular complexity index is 801. The molecule has 2 amide bonds. The summed E-state index contributed by atoms with van der Waals surface area (Å²) in [6, 6.07) is 10.6. The van der Waals surface area contributed by atoms with Crippen LogP contribution in [0.3, 0.4) is 0 Å². The first-order valence-corrected chi connectivity index (χ1v) is 7.01. The molecular weight excluding hydrogens is 312 g/mol. The summed E-state index contributed by atoms with van der Waals surface area (Å²) >= 11 is 0. The second-order valence-electron chi connectivity index (χ2n) is 4.90. The van der Waals surface area contributed by atoms with Gasteiger partial charge in [0.2, 0.25) is 5.91 Å². The third-order valence-corrected chi connectivity index (χ3v) is 3.19. The number of aromatic carboxylic acids is 1. The Balaban J connectivity index is 2.38. The van der Waals surface area contributed by atoms with Crippen molar-refractivity contribution in [2.24, 2.45) is 0 Å². The van der Waals surface area contributed by atoms with Gasteiger partial charge in [0, 0.05) is 13.0 Å². The summed E-state index contributed by atoms with van der Waals surface area (Å²) in [6.07, 6.45) is 0. The Morgan fingerprint density at radius 3 is 2.21 bits per heavy atom. The fraction of sp³-hybridized carbons (Fsp3) is 0.118. The highest BCUT2D eigenvalue weighted by atomic mass is 16.5. The van der Waals surface area contributed by atoms with Crippen LogP contribution >= 0.6 is 0 Å². The summed E-state index contributed by atoms with van der Waals surface area (Å²) in [6.45, 7) is 1.34. The van der Waals surface area contributed by atoms with Crippen LogP contribution in [-0.4, -0.2) is 30.0 Å². The fourth-order valence-corrected chi connectivity index (χ4v) is 2.11. The Morgan fingerprint density at radius 1 is 0.958 bits per heavy atom. The number of amides is 2. The van der Waals surface area contributed by atoms with E-state index in [4.69, 9.17) is 4.74 Å². The molecule has 2 aromatic rings. The van der Waals surface area contributed by atoms with E-state index in [0.717, 1.165) is 0 Å².